The summed E-state index contributed by atoms with van der Waals surface area (Å²) in [7, 11) is 1.69. The van der Waals surface area contributed by atoms with Gasteiger partial charge in [-0.25, -0.2) is 0 Å². The third kappa shape index (κ3) is 3.62. The number of ether oxygens (including phenoxy) is 1. The van der Waals surface area contributed by atoms with Gasteiger partial charge in [0.2, 0.25) is 11.8 Å². The van der Waals surface area contributed by atoms with Crippen LogP contribution in [0, 0.1) is 5.92 Å². The second kappa shape index (κ2) is 7.79. The Labute approximate surface area is 161 Å². The minimum Gasteiger partial charge on any atom is -0.495 e. The van der Waals surface area contributed by atoms with Crippen LogP contribution in [0.2, 0.25) is 0 Å². The molecule has 0 aromatic heterocycles. The molecule has 0 unspecified atom stereocenters. The van der Waals surface area contributed by atoms with Crippen LogP contribution in [0.4, 0.5) is 5.69 Å². The molecular weight excluding hydrogens is 342 g/mol. The molecule has 1 atom stereocenters. The van der Waals surface area contributed by atoms with Crippen molar-refractivity contribution in [3.8, 4) is 5.75 Å². The molecule has 3 aliphatic rings. The van der Waals surface area contributed by atoms with Gasteiger partial charge < -0.3 is 19.4 Å². The summed E-state index contributed by atoms with van der Waals surface area (Å²) in [5.41, 5.74) is 1.08. The standard InChI is InChI=1S/C21H29N3O3/c1-27-19-9-5-4-8-18(19)22-10-12-23(13-11-22)21(26)16-14-20(25)24(15-16)17-6-2-3-7-17/h4-5,8-9,16-17H,2-3,6-7,10-15H2,1H3/t16-/m0/s1. The van der Waals surface area contributed by atoms with Crippen molar-refractivity contribution in [1.29, 1.82) is 0 Å². The van der Waals surface area contributed by atoms with Crippen LogP contribution in [0.3, 0.4) is 0 Å². The molecule has 2 aliphatic heterocycles. The topological polar surface area (TPSA) is 53.1 Å². The van der Waals surface area contributed by atoms with E-state index in [4.69, 9.17) is 4.74 Å². The number of para-hydroxylation sites is 2. The first-order valence-corrected chi connectivity index (χ1v) is 10.1. The number of amides is 2. The molecule has 6 nitrogen and oxygen atoms in total. The maximum absolute atomic E-state index is 13.0. The van der Waals surface area contributed by atoms with Gasteiger partial charge >= 0.3 is 0 Å². The van der Waals surface area contributed by atoms with E-state index in [2.05, 4.69) is 11.0 Å². The van der Waals surface area contributed by atoms with Crippen LogP contribution >= 0.6 is 0 Å². The van der Waals surface area contributed by atoms with Gasteiger partial charge in [-0.05, 0) is 25.0 Å². The fourth-order valence-corrected chi connectivity index (χ4v) is 4.78. The van der Waals surface area contributed by atoms with Crippen molar-refractivity contribution in [3.63, 3.8) is 0 Å². The molecule has 3 fully saturated rings. The number of rotatable bonds is 4. The van der Waals surface area contributed by atoms with Gasteiger partial charge in [0.05, 0.1) is 18.7 Å². The minimum atomic E-state index is -0.157. The minimum absolute atomic E-state index is 0.156. The Hall–Kier alpha value is -2.24. The summed E-state index contributed by atoms with van der Waals surface area (Å²) in [5, 5.41) is 0. The van der Waals surface area contributed by atoms with Crippen LogP contribution in [0.1, 0.15) is 32.1 Å². The number of methoxy groups -OCH3 is 1. The lowest BCUT2D eigenvalue weighted by atomic mass is 10.1. The highest BCUT2D eigenvalue weighted by Crippen LogP contribution is 2.31. The lowest BCUT2D eigenvalue weighted by molar-refractivity contribution is -0.136. The summed E-state index contributed by atoms with van der Waals surface area (Å²) in [6, 6.07) is 8.38. The average Bonchev–Trinajstić information content (AvgIpc) is 3.37. The average molecular weight is 371 g/mol. The second-order valence-electron chi connectivity index (χ2n) is 7.87. The number of benzene rings is 1. The van der Waals surface area contributed by atoms with E-state index in [0.717, 1.165) is 37.4 Å². The lowest BCUT2D eigenvalue weighted by Gasteiger charge is -2.37. The molecule has 6 heteroatoms. The number of likely N-dealkylation sites (tertiary alicyclic amines) is 1. The molecule has 0 spiro atoms. The van der Waals surface area contributed by atoms with E-state index in [1.54, 1.807) is 7.11 Å². The fraction of sp³-hybridized carbons (Fsp3) is 0.619. The van der Waals surface area contributed by atoms with E-state index in [1.807, 2.05) is 28.0 Å². The van der Waals surface area contributed by atoms with Gasteiger partial charge in [0, 0.05) is 45.2 Å². The maximum Gasteiger partial charge on any atom is 0.228 e. The highest BCUT2D eigenvalue weighted by Gasteiger charge is 2.40. The van der Waals surface area contributed by atoms with Crippen molar-refractivity contribution in [1.82, 2.24) is 9.80 Å². The summed E-state index contributed by atoms with van der Waals surface area (Å²) in [4.78, 5) is 31.6. The van der Waals surface area contributed by atoms with Crippen molar-refractivity contribution >= 4 is 17.5 Å². The molecule has 1 saturated carbocycles. The summed E-state index contributed by atoms with van der Waals surface area (Å²) < 4.78 is 5.46. The van der Waals surface area contributed by atoms with E-state index in [0.29, 0.717) is 32.1 Å². The van der Waals surface area contributed by atoms with Crippen molar-refractivity contribution in [3.05, 3.63) is 24.3 Å². The highest BCUT2D eigenvalue weighted by molar-refractivity contribution is 5.89. The molecule has 2 amide bonds. The molecule has 0 N–H and O–H groups in total. The predicted octanol–water partition coefficient (Wildman–Crippen LogP) is 2.13. The largest absolute Gasteiger partial charge is 0.495 e. The van der Waals surface area contributed by atoms with Crippen LogP contribution < -0.4 is 9.64 Å². The summed E-state index contributed by atoms with van der Waals surface area (Å²) in [5.74, 6) is 1.04. The molecule has 1 aromatic carbocycles. The van der Waals surface area contributed by atoms with Gasteiger partial charge in [-0.2, -0.15) is 0 Å². The van der Waals surface area contributed by atoms with Crippen molar-refractivity contribution in [2.24, 2.45) is 5.92 Å². The number of piperazine rings is 1. The number of hydrogen-bond donors (Lipinski definition) is 0. The summed E-state index contributed by atoms with van der Waals surface area (Å²) in [6.07, 6.45) is 5.01. The molecule has 0 radical (unpaired) electrons. The smallest absolute Gasteiger partial charge is 0.228 e. The Morgan fingerprint density at radius 3 is 2.48 bits per heavy atom. The van der Waals surface area contributed by atoms with E-state index < -0.39 is 0 Å². The Morgan fingerprint density at radius 2 is 1.78 bits per heavy atom. The van der Waals surface area contributed by atoms with Crippen LogP contribution in [0.25, 0.3) is 0 Å². The number of carbonyl (C=O) groups is 2. The van der Waals surface area contributed by atoms with Crippen LogP contribution in [-0.2, 0) is 9.59 Å². The third-order valence-electron chi connectivity index (χ3n) is 6.29. The second-order valence-corrected chi connectivity index (χ2v) is 7.87. The van der Waals surface area contributed by atoms with Crippen LogP contribution in [-0.4, -0.2) is 67.5 Å². The molecule has 2 heterocycles. The number of carbonyl (C=O) groups excluding carboxylic acids is 2. The molecule has 0 bridgehead atoms. The Morgan fingerprint density at radius 1 is 1.07 bits per heavy atom. The Kier molecular flexibility index (Phi) is 5.23. The molecule has 4 rings (SSSR count). The van der Waals surface area contributed by atoms with Crippen molar-refractivity contribution in [2.45, 2.75) is 38.1 Å². The SMILES string of the molecule is COc1ccccc1N1CCN(C(=O)[C@H]2CC(=O)N(C3CCCC3)C2)CC1. The van der Waals surface area contributed by atoms with Crippen LogP contribution in [0.15, 0.2) is 24.3 Å². The predicted molar refractivity (Wildman–Crippen MR) is 104 cm³/mol. The summed E-state index contributed by atoms with van der Waals surface area (Å²) >= 11 is 0. The molecule has 1 aromatic rings. The van der Waals surface area contributed by atoms with E-state index >= 15 is 0 Å². The first kappa shape index (κ1) is 18.1. The quantitative estimate of drug-likeness (QED) is 0.814. The molecule has 2 saturated heterocycles. The lowest BCUT2D eigenvalue weighted by Crippen LogP contribution is -2.50. The Bertz CT molecular complexity index is 694. The van der Waals surface area contributed by atoms with Gasteiger partial charge in [0.25, 0.3) is 0 Å². The molecular formula is C21H29N3O3. The highest BCUT2D eigenvalue weighted by atomic mass is 16.5. The number of hydrogen-bond acceptors (Lipinski definition) is 4. The normalized spacial score (nSPS) is 24.0. The van der Waals surface area contributed by atoms with Gasteiger partial charge in [-0.1, -0.05) is 25.0 Å². The van der Waals surface area contributed by atoms with E-state index in [1.165, 1.54) is 12.8 Å². The third-order valence-corrected chi connectivity index (χ3v) is 6.29. The van der Waals surface area contributed by atoms with Gasteiger partial charge in [0.15, 0.2) is 0 Å². The zero-order chi connectivity index (χ0) is 18.8. The van der Waals surface area contributed by atoms with Crippen molar-refractivity contribution in [2.75, 3.05) is 44.7 Å². The monoisotopic (exact) mass is 371 g/mol. The van der Waals surface area contributed by atoms with Gasteiger partial charge in [0.1, 0.15) is 5.75 Å². The molecule has 146 valence electrons. The first-order valence-electron chi connectivity index (χ1n) is 10.1. The molecule has 1 aliphatic carbocycles. The zero-order valence-electron chi connectivity index (χ0n) is 16.1. The number of anilines is 1. The first-order chi connectivity index (χ1) is 13.2. The Balaban J connectivity index is 1.34. The fourth-order valence-electron chi connectivity index (χ4n) is 4.78. The summed E-state index contributed by atoms with van der Waals surface area (Å²) in [6.45, 7) is 3.60. The van der Waals surface area contributed by atoms with Crippen molar-refractivity contribution < 1.29 is 14.3 Å². The maximum atomic E-state index is 13.0. The molecule has 27 heavy (non-hydrogen) atoms. The van der Waals surface area contributed by atoms with Gasteiger partial charge in [-0.3, -0.25) is 9.59 Å². The van der Waals surface area contributed by atoms with E-state index in [9.17, 15) is 9.59 Å². The van der Waals surface area contributed by atoms with Gasteiger partial charge in [-0.15, -0.1) is 0 Å². The van der Waals surface area contributed by atoms with E-state index in [-0.39, 0.29) is 17.7 Å². The zero-order valence-corrected chi connectivity index (χ0v) is 16.1. The van der Waals surface area contributed by atoms with Crippen LogP contribution in [0.5, 0.6) is 5.75 Å². The number of nitrogens with zero attached hydrogens (tertiary/aromatic N) is 3.